The Morgan fingerprint density at radius 3 is 2.64 bits per heavy atom. The standard InChI is InChI=1S/C13H14O/c14-10-12-8-4-5-9-13(12)11-6-2-1-3-7-11/h1-3,6-7,13H,4-5,8-9H2. The average Bonchev–Trinajstić information content (AvgIpc) is 2.30. The highest BCUT2D eigenvalue weighted by Crippen LogP contribution is 2.35. The normalized spacial score (nSPS) is 21.7. The average molecular weight is 186 g/mol. The molecule has 2 rings (SSSR count). The molecular formula is C13H14O. The van der Waals surface area contributed by atoms with Crippen molar-refractivity contribution in [1.82, 2.24) is 0 Å². The van der Waals surface area contributed by atoms with Crippen LogP contribution in [0.4, 0.5) is 0 Å². The number of carbonyl (C=O) groups excluding carboxylic acids is 1. The molecule has 0 aromatic heterocycles. The van der Waals surface area contributed by atoms with E-state index < -0.39 is 0 Å². The van der Waals surface area contributed by atoms with Gasteiger partial charge in [-0.2, -0.15) is 0 Å². The van der Waals surface area contributed by atoms with E-state index >= 15 is 0 Å². The minimum absolute atomic E-state index is 0.336. The fourth-order valence-electron chi connectivity index (χ4n) is 2.19. The van der Waals surface area contributed by atoms with Gasteiger partial charge in [-0.05, 0) is 24.8 Å². The van der Waals surface area contributed by atoms with E-state index in [4.69, 9.17) is 0 Å². The lowest BCUT2D eigenvalue weighted by Crippen LogP contribution is -2.08. The minimum atomic E-state index is 0.336. The Morgan fingerprint density at radius 2 is 1.93 bits per heavy atom. The summed E-state index contributed by atoms with van der Waals surface area (Å²) in [5.74, 6) is 2.45. The largest absolute Gasteiger partial charge is 0.234 e. The van der Waals surface area contributed by atoms with Crippen molar-refractivity contribution in [2.45, 2.75) is 31.6 Å². The first-order valence-corrected chi connectivity index (χ1v) is 5.20. The third-order valence-electron chi connectivity index (χ3n) is 2.94. The van der Waals surface area contributed by atoms with Gasteiger partial charge in [0.2, 0.25) is 0 Å². The van der Waals surface area contributed by atoms with Crippen LogP contribution in [0.1, 0.15) is 37.2 Å². The second kappa shape index (κ2) is 4.26. The van der Waals surface area contributed by atoms with E-state index in [1.807, 2.05) is 18.2 Å². The molecule has 1 nitrogen and oxygen atoms in total. The van der Waals surface area contributed by atoms with Gasteiger partial charge in [0.05, 0.1) is 0 Å². The molecule has 1 aliphatic carbocycles. The van der Waals surface area contributed by atoms with Crippen LogP contribution < -0.4 is 0 Å². The van der Waals surface area contributed by atoms with Crippen molar-refractivity contribution in [2.75, 3.05) is 0 Å². The highest BCUT2D eigenvalue weighted by Gasteiger charge is 2.20. The summed E-state index contributed by atoms with van der Waals surface area (Å²) in [7, 11) is 0. The number of benzene rings is 1. The van der Waals surface area contributed by atoms with Gasteiger partial charge in [-0.15, -0.1) is 0 Å². The molecule has 14 heavy (non-hydrogen) atoms. The van der Waals surface area contributed by atoms with E-state index in [1.54, 1.807) is 0 Å². The van der Waals surface area contributed by atoms with Crippen LogP contribution in [-0.4, -0.2) is 5.94 Å². The van der Waals surface area contributed by atoms with Crippen molar-refractivity contribution < 1.29 is 4.79 Å². The van der Waals surface area contributed by atoms with Crippen LogP contribution >= 0.6 is 0 Å². The lowest BCUT2D eigenvalue weighted by Gasteiger charge is -2.22. The minimum Gasteiger partial charge on any atom is -0.234 e. The van der Waals surface area contributed by atoms with Gasteiger partial charge >= 0.3 is 0 Å². The molecule has 1 saturated carbocycles. The molecule has 1 heteroatoms. The predicted molar refractivity (Wildman–Crippen MR) is 56.9 cm³/mol. The van der Waals surface area contributed by atoms with E-state index in [9.17, 15) is 4.79 Å². The maximum Gasteiger partial charge on any atom is 0.124 e. The van der Waals surface area contributed by atoms with Crippen molar-refractivity contribution in [3.05, 3.63) is 41.5 Å². The molecular weight excluding hydrogens is 172 g/mol. The summed E-state index contributed by atoms with van der Waals surface area (Å²) in [6.45, 7) is 0. The van der Waals surface area contributed by atoms with Crippen molar-refractivity contribution in [3.63, 3.8) is 0 Å². The molecule has 1 fully saturated rings. The maximum absolute atomic E-state index is 10.8. The van der Waals surface area contributed by atoms with Crippen molar-refractivity contribution >= 4 is 5.94 Å². The van der Waals surface area contributed by atoms with Gasteiger partial charge in [0.25, 0.3) is 0 Å². The number of rotatable bonds is 1. The molecule has 1 aromatic carbocycles. The van der Waals surface area contributed by atoms with Gasteiger partial charge in [0.1, 0.15) is 5.94 Å². The Hall–Kier alpha value is -1.33. The summed E-state index contributed by atoms with van der Waals surface area (Å²) in [6, 6.07) is 10.3. The molecule has 0 spiro atoms. The maximum atomic E-state index is 10.8. The molecule has 0 N–H and O–H groups in total. The summed E-state index contributed by atoms with van der Waals surface area (Å²) in [6.07, 6.45) is 4.41. The van der Waals surface area contributed by atoms with Crippen molar-refractivity contribution in [3.8, 4) is 0 Å². The van der Waals surface area contributed by atoms with Crippen molar-refractivity contribution in [1.29, 1.82) is 0 Å². The van der Waals surface area contributed by atoms with Crippen LogP contribution in [0.5, 0.6) is 0 Å². The van der Waals surface area contributed by atoms with Gasteiger partial charge in [-0.3, -0.25) is 0 Å². The quantitative estimate of drug-likeness (QED) is 0.616. The molecule has 0 radical (unpaired) electrons. The van der Waals surface area contributed by atoms with Gasteiger partial charge < -0.3 is 0 Å². The predicted octanol–water partition coefficient (Wildman–Crippen LogP) is 3.10. The monoisotopic (exact) mass is 186 g/mol. The number of allylic oxidation sites excluding steroid dienone is 1. The summed E-state index contributed by atoms with van der Waals surface area (Å²) in [4.78, 5) is 10.8. The third-order valence-corrected chi connectivity index (χ3v) is 2.94. The molecule has 1 atom stereocenters. The molecule has 0 aliphatic heterocycles. The Morgan fingerprint density at radius 1 is 1.14 bits per heavy atom. The lowest BCUT2D eigenvalue weighted by molar-refractivity contribution is 0.525. The van der Waals surface area contributed by atoms with E-state index in [1.165, 1.54) is 12.0 Å². The zero-order valence-corrected chi connectivity index (χ0v) is 8.20. The van der Waals surface area contributed by atoms with E-state index in [2.05, 4.69) is 18.1 Å². The SMILES string of the molecule is O=C=C1CCCCC1c1ccccc1. The van der Waals surface area contributed by atoms with Crippen LogP contribution in [0.3, 0.4) is 0 Å². The topological polar surface area (TPSA) is 17.1 Å². The number of hydrogen-bond acceptors (Lipinski definition) is 1. The first kappa shape index (κ1) is 9.23. The van der Waals surface area contributed by atoms with Gasteiger partial charge in [-0.25, -0.2) is 4.79 Å². The van der Waals surface area contributed by atoms with Crippen LogP contribution in [0, 0.1) is 0 Å². The zero-order chi connectivity index (χ0) is 9.80. The molecule has 1 unspecified atom stereocenters. The second-order valence-corrected chi connectivity index (χ2v) is 3.84. The smallest absolute Gasteiger partial charge is 0.124 e. The van der Waals surface area contributed by atoms with Crippen LogP contribution in [-0.2, 0) is 4.79 Å². The highest BCUT2D eigenvalue weighted by molar-refractivity contribution is 5.56. The third kappa shape index (κ3) is 1.78. The van der Waals surface area contributed by atoms with Crippen molar-refractivity contribution in [2.24, 2.45) is 0 Å². The summed E-state index contributed by atoms with van der Waals surface area (Å²) < 4.78 is 0. The zero-order valence-electron chi connectivity index (χ0n) is 8.20. The van der Waals surface area contributed by atoms with Gasteiger partial charge in [0, 0.05) is 11.5 Å². The Bertz CT molecular complexity index is 347. The summed E-state index contributed by atoms with van der Waals surface area (Å²) in [5.41, 5.74) is 2.23. The molecule has 0 bridgehead atoms. The highest BCUT2D eigenvalue weighted by atomic mass is 16.1. The van der Waals surface area contributed by atoms with Crippen LogP contribution in [0.25, 0.3) is 0 Å². The fourth-order valence-corrected chi connectivity index (χ4v) is 2.19. The summed E-state index contributed by atoms with van der Waals surface area (Å²) >= 11 is 0. The lowest BCUT2D eigenvalue weighted by atomic mass is 9.81. The molecule has 1 aliphatic rings. The van der Waals surface area contributed by atoms with E-state index in [0.717, 1.165) is 24.8 Å². The first-order chi connectivity index (χ1) is 6.92. The summed E-state index contributed by atoms with van der Waals surface area (Å²) in [5, 5.41) is 0. The Labute approximate surface area is 84.5 Å². The Kier molecular flexibility index (Phi) is 2.81. The molecule has 0 amide bonds. The molecule has 0 saturated heterocycles. The Balaban J connectivity index is 2.28. The fraction of sp³-hybridized carbons (Fsp3) is 0.385. The van der Waals surface area contributed by atoms with E-state index in [0.29, 0.717) is 5.92 Å². The second-order valence-electron chi connectivity index (χ2n) is 3.84. The van der Waals surface area contributed by atoms with E-state index in [-0.39, 0.29) is 0 Å². The molecule has 1 aromatic rings. The van der Waals surface area contributed by atoms with Gasteiger partial charge in [0.15, 0.2) is 0 Å². The van der Waals surface area contributed by atoms with Crippen LogP contribution in [0.2, 0.25) is 0 Å². The number of hydrogen-bond donors (Lipinski definition) is 0. The first-order valence-electron chi connectivity index (χ1n) is 5.20. The molecule has 0 heterocycles. The molecule has 72 valence electrons. The van der Waals surface area contributed by atoms with Crippen LogP contribution in [0.15, 0.2) is 35.9 Å². The van der Waals surface area contributed by atoms with Gasteiger partial charge in [-0.1, -0.05) is 36.8 Å².